The van der Waals surface area contributed by atoms with Crippen molar-refractivity contribution < 1.29 is 4.42 Å². The lowest BCUT2D eigenvalue weighted by atomic mass is 10.0. The molecule has 0 radical (unpaired) electrons. The second-order valence-electron chi connectivity index (χ2n) is 6.88. The fourth-order valence-corrected chi connectivity index (χ4v) is 3.49. The molecule has 0 saturated carbocycles. The molecule has 0 aliphatic carbocycles. The molecule has 2 heterocycles. The number of furan rings is 1. The van der Waals surface area contributed by atoms with E-state index in [2.05, 4.69) is 44.2 Å². The van der Waals surface area contributed by atoms with E-state index in [0.717, 1.165) is 49.9 Å². The van der Waals surface area contributed by atoms with Gasteiger partial charge in [-0.3, -0.25) is 0 Å². The fraction of sp³-hybridized carbons (Fsp3) is 0.130. The lowest BCUT2D eigenvalue weighted by Crippen LogP contribution is -2.00. The van der Waals surface area contributed by atoms with Crippen molar-refractivity contribution in [1.29, 1.82) is 0 Å². The molecule has 0 aliphatic rings. The van der Waals surface area contributed by atoms with E-state index in [0.29, 0.717) is 0 Å². The highest BCUT2D eigenvalue weighted by atomic mass is 16.3. The summed E-state index contributed by atoms with van der Waals surface area (Å²) in [5, 5.41) is 3.29. The Balaban J connectivity index is 1.91. The first-order valence-corrected chi connectivity index (χ1v) is 8.89. The SMILES string of the molecule is CC(C)c1nc(-c2cccc3c2oc2ccccc23)c2ccccc2n1. The first kappa shape index (κ1) is 15.1. The Morgan fingerprint density at radius 1 is 0.731 bits per heavy atom. The average molecular weight is 338 g/mol. The maximum absolute atomic E-state index is 6.23. The minimum absolute atomic E-state index is 0.258. The normalized spacial score (nSPS) is 11.8. The van der Waals surface area contributed by atoms with Crippen molar-refractivity contribution in [3.8, 4) is 11.3 Å². The van der Waals surface area contributed by atoms with Crippen LogP contribution in [0.25, 0.3) is 44.1 Å². The van der Waals surface area contributed by atoms with E-state index >= 15 is 0 Å². The van der Waals surface area contributed by atoms with Crippen molar-refractivity contribution in [3.05, 3.63) is 72.6 Å². The van der Waals surface area contributed by atoms with Gasteiger partial charge in [0.2, 0.25) is 0 Å². The second kappa shape index (κ2) is 5.67. The lowest BCUT2D eigenvalue weighted by Gasteiger charge is -2.11. The molecule has 0 fully saturated rings. The summed E-state index contributed by atoms with van der Waals surface area (Å²) in [5.41, 5.74) is 4.70. The van der Waals surface area contributed by atoms with E-state index in [1.165, 1.54) is 0 Å². The molecule has 0 saturated heterocycles. The zero-order chi connectivity index (χ0) is 17.7. The van der Waals surface area contributed by atoms with Gasteiger partial charge in [0.25, 0.3) is 0 Å². The van der Waals surface area contributed by atoms with Crippen molar-refractivity contribution in [3.63, 3.8) is 0 Å². The van der Waals surface area contributed by atoms with Gasteiger partial charge >= 0.3 is 0 Å². The maximum Gasteiger partial charge on any atom is 0.144 e. The smallest absolute Gasteiger partial charge is 0.144 e. The third-order valence-corrected chi connectivity index (χ3v) is 4.80. The average Bonchev–Trinajstić information content (AvgIpc) is 3.06. The van der Waals surface area contributed by atoms with Crippen molar-refractivity contribution in [2.75, 3.05) is 0 Å². The van der Waals surface area contributed by atoms with Crippen LogP contribution in [-0.2, 0) is 0 Å². The predicted molar refractivity (Wildman–Crippen MR) is 106 cm³/mol. The van der Waals surface area contributed by atoms with Crippen molar-refractivity contribution in [2.24, 2.45) is 0 Å². The van der Waals surface area contributed by atoms with Crippen molar-refractivity contribution in [1.82, 2.24) is 9.97 Å². The largest absolute Gasteiger partial charge is 0.455 e. The third-order valence-electron chi connectivity index (χ3n) is 4.80. The minimum Gasteiger partial charge on any atom is -0.455 e. The van der Waals surface area contributed by atoms with Crippen molar-refractivity contribution in [2.45, 2.75) is 19.8 Å². The molecule has 0 aliphatic heterocycles. The number of nitrogens with zero attached hydrogens (tertiary/aromatic N) is 2. The number of hydrogen-bond donors (Lipinski definition) is 0. The van der Waals surface area contributed by atoms with Crippen LogP contribution >= 0.6 is 0 Å². The van der Waals surface area contributed by atoms with E-state index in [1.807, 2.05) is 36.4 Å². The number of rotatable bonds is 2. The van der Waals surface area contributed by atoms with Crippen LogP contribution in [0.5, 0.6) is 0 Å². The van der Waals surface area contributed by atoms with Gasteiger partial charge in [-0.25, -0.2) is 9.97 Å². The van der Waals surface area contributed by atoms with E-state index in [4.69, 9.17) is 14.4 Å². The zero-order valence-corrected chi connectivity index (χ0v) is 14.7. The van der Waals surface area contributed by atoms with Gasteiger partial charge in [-0.2, -0.15) is 0 Å². The summed E-state index contributed by atoms with van der Waals surface area (Å²) in [5.74, 6) is 1.11. The van der Waals surface area contributed by atoms with Crippen molar-refractivity contribution >= 4 is 32.8 Å². The van der Waals surface area contributed by atoms with Crippen LogP contribution in [0.15, 0.2) is 71.1 Å². The monoisotopic (exact) mass is 338 g/mol. The molecule has 3 heteroatoms. The molecule has 126 valence electrons. The first-order valence-electron chi connectivity index (χ1n) is 8.89. The topological polar surface area (TPSA) is 38.9 Å². The van der Waals surface area contributed by atoms with Gasteiger partial charge < -0.3 is 4.42 Å². The molecule has 0 spiro atoms. The third kappa shape index (κ3) is 2.21. The molecule has 3 aromatic carbocycles. The quantitative estimate of drug-likeness (QED) is 0.378. The Kier molecular flexibility index (Phi) is 3.29. The number of fused-ring (bicyclic) bond motifs is 4. The number of para-hydroxylation sites is 3. The number of hydrogen-bond acceptors (Lipinski definition) is 3. The molecular weight excluding hydrogens is 320 g/mol. The Bertz CT molecular complexity index is 1270. The first-order chi connectivity index (χ1) is 12.7. The second-order valence-corrected chi connectivity index (χ2v) is 6.88. The molecule has 0 atom stereocenters. The van der Waals surface area contributed by atoms with Gasteiger partial charge in [-0.1, -0.05) is 62.4 Å². The molecule has 2 aromatic heterocycles. The summed E-state index contributed by atoms with van der Waals surface area (Å²) in [6.45, 7) is 4.24. The molecule has 0 amide bonds. The van der Waals surface area contributed by atoms with Gasteiger partial charge in [0.15, 0.2) is 0 Å². The van der Waals surface area contributed by atoms with Crippen LogP contribution in [0, 0.1) is 0 Å². The van der Waals surface area contributed by atoms with E-state index in [9.17, 15) is 0 Å². The molecular formula is C23H18N2O. The maximum atomic E-state index is 6.23. The van der Waals surface area contributed by atoms with Gasteiger partial charge in [-0.05, 0) is 18.2 Å². The van der Waals surface area contributed by atoms with E-state index < -0.39 is 0 Å². The zero-order valence-electron chi connectivity index (χ0n) is 14.7. The summed E-state index contributed by atoms with van der Waals surface area (Å²) in [4.78, 5) is 9.66. The molecule has 3 nitrogen and oxygen atoms in total. The van der Waals surface area contributed by atoms with Crippen LogP contribution in [0.2, 0.25) is 0 Å². The summed E-state index contributed by atoms with van der Waals surface area (Å²) in [7, 11) is 0. The van der Waals surface area contributed by atoms with Gasteiger partial charge in [0.1, 0.15) is 17.0 Å². The summed E-state index contributed by atoms with van der Waals surface area (Å²) in [6.07, 6.45) is 0. The highest BCUT2D eigenvalue weighted by Crippen LogP contribution is 2.37. The Morgan fingerprint density at radius 2 is 1.46 bits per heavy atom. The Labute approximate surface area is 151 Å². The molecule has 5 rings (SSSR count). The van der Waals surface area contributed by atoms with E-state index in [1.54, 1.807) is 0 Å². The molecule has 0 N–H and O–H groups in total. The van der Waals surface area contributed by atoms with Gasteiger partial charge in [0, 0.05) is 27.6 Å². The summed E-state index contributed by atoms with van der Waals surface area (Å²) >= 11 is 0. The molecule has 0 bridgehead atoms. The van der Waals surface area contributed by atoms with Crippen LogP contribution in [-0.4, -0.2) is 9.97 Å². The number of benzene rings is 3. The highest BCUT2D eigenvalue weighted by Gasteiger charge is 2.17. The van der Waals surface area contributed by atoms with Crippen LogP contribution < -0.4 is 0 Å². The number of aromatic nitrogens is 2. The molecule has 0 unspecified atom stereocenters. The fourth-order valence-electron chi connectivity index (χ4n) is 3.49. The standard InChI is InChI=1S/C23H18N2O/c1-14(2)23-24-19-12-5-3-9-17(19)21(25-23)18-11-7-10-16-15-8-4-6-13-20(15)26-22(16)18/h3-14H,1-2H3. The van der Waals surface area contributed by atoms with Gasteiger partial charge in [-0.15, -0.1) is 0 Å². The summed E-state index contributed by atoms with van der Waals surface area (Å²) in [6, 6.07) is 22.6. The summed E-state index contributed by atoms with van der Waals surface area (Å²) < 4.78 is 6.23. The minimum atomic E-state index is 0.258. The highest BCUT2D eigenvalue weighted by molar-refractivity contribution is 6.11. The molecule has 5 aromatic rings. The lowest BCUT2D eigenvalue weighted by molar-refractivity contribution is 0.669. The van der Waals surface area contributed by atoms with Gasteiger partial charge in [0.05, 0.1) is 11.2 Å². The van der Waals surface area contributed by atoms with Crippen LogP contribution in [0.3, 0.4) is 0 Å². The predicted octanol–water partition coefficient (Wildman–Crippen LogP) is 6.32. The van der Waals surface area contributed by atoms with Crippen LogP contribution in [0.1, 0.15) is 25.6 Å². The Morgan fingerprint density at radius 3 is 2.31 bits per heavy atom. The molecule has 26 heavy (non-hydrogen) atoms. The Hall–Kier alpha value is -3.20. The van der Waals surface area contributed by atoms with E-state index in [-0.39, 0.29) is 5.92 Å². The van der Waals surface area contributed by atoms with Crippen LogP contribution in [0.4, 0.5) is 0 Å².